The van der Waals surface area contributed by atoms with Gasteiger partial charge in [-0.05, 0) is 61.7 Å². The van der Waals surface area contributed by atoms with Gasteiger partial charge in [-0.15, -0.1) is 0 Å². The van der Waals surface area contributed by atoms with Gasteiger partial charge in [-0.2, -0.15) is 5.10 Å². The molecule has 1 atom stereocenters. The van der Waals surface area contributed by atoms with Crippen LogP contribution in [0.5, 0.6) is 0 Å². The Morgan fingerprint density at radius 2 is 1.92 bits per heavy atom. The van der Waals surface area contributed by atoms with Crippen LogP contribution >= 0.6 is 0 Å². The molecule has 0 saturated heterocycles. The number of benzene rings is 1. The largest absolute Gasteiger partial charge is 0.382 e. The first kappa shape index (κ1) is 23.3. The summed E-state index contributed by atoms with van der Waals surface area (Å²) in [5.41, 5.74) is 8.14. The van der Waals surface area contributed by atoms with Crippen molar-refractivity contribution in [3.8, 4) is 22.5 Å². The number of halogens is 1. The number of fused-ring (bicyclic) bond motifs is 2. The molecule has 5 aromatic rings. The Morgan fingerprint density at radius 1 is 1.08 bits per heavy atom. The highest BCUT2D eigenvalue weighted by molar-refractivity contribution is 6.00. The number of carbonyl (C=O) groups is 1. The standard InChI is InChI=1S/C30H26FN7O/c1-16-25(36-30(39)18-3-2-4-18)11-19(13-33-16)23-9-10-24-28(35-23)29(38-37-24)26-12-21-22(14-32-15-27(21)34-26)17-5-7-20(31)8-6-17/h5-16,18,33-34H,2-4H2,1H3,(H,36,39)(H,37,38). The van der Waals surface area contributed by atoms with E-state index < -0.39 is 0 Å². The van der Waals surface area contributed by atoms with E-state index in [9.17, 15) is 9.18 Å². The van der Waals surface area contributed by atoms with Crippen LogP contribution in [0.1, 0.15) is 31.9 Å². The number of dihydropyridines is 1. The van der Waals surface area contributed by atoms with Crippen LogP contribution in [0.25, 0.3) is 50.0 Å². The molecular formula is C30H26FN7O. The van der Waals surface area contributed by atoms with Crippen LogP contribution in [0.2, 0.25) is 0 Å². The predicted octanol–water partition coefficient (Wildman–Crippen LogP) is 5.44. The third-order valence-corrected chi connectivity index (χ3v) is 7.67. The van der Waals surface area contributed by atoms with Crippen LogP contribution in [0.15, 0.2) is 72.8 Å². The maximum Gasteiger partial charge on any atom is 0.227 e. The molecule has 1 saturated carbocycles. The number of pyridine rings is 2. The summed E-state index contributed by atoms with van der Waals surface area (Å²) in [6.45, 7) is 2.02. The number of amides is 1. The van der Waals surface area contributed by atoms with Gasteiger partial charge in [-0.25, -0.2) is 9.37 Å². The molecule has 39 heavy (non-hydrogen) atoms. The Morgan fingerprint density at radius 3 is 2.72 bits per heavy atom. The lowest BCUT2D eigenvalue weighted by molar-refractivity contribution is -0.126. The third kappa shape index (κ3) is 4.16. The molecule has 0 bridgehead atoms. The fourth-order valence-electron chi connectivity index (χ4n) is 5.13. The second kappa shape index (κ2) is 9.20. The summed E-state index contributed by atoms with van der Waals surface area (Å²) in [7, 11) is 0. The van der Waals surface area contributed by atoms with Gasteiger partial charge in [-0.1, -0.05) is 18.6 Å². The van der Waals surface area contributed by atoms with Gasteiger partial charge >= 0.3 is 0 Å². The van der Waals surface area contributed by atoms with Crippen molar-refractivity contribution in [2.75, 3.05) is 0 Å². The normalized spacial score (nSPS) is 17.4. The summed E-state index contributed by atoms with van der Waals surface area (Å²) in [6, 6.07) is 12.3. The van der Waals surface area contributed by atoms with Gasteiger partial charge in [0.15, 0.2) is 0 Å². The Bertz CT molecular complexity index is 1790. The predicted molar refractivity (Wildman–Crippen MR) is 149 cm³/mol. The van der Waals surface area contributed by atoms with E-state index >= 15 is 0 Å². The van der Waals surface area contributed by atoms with Crippen LogP contribution in [-0.2, 0) is 4.79 Å². The number of nitrogens with one attached hydrogen (secondary N) is 4. The molecule has 0 spiro atoms. The first-order valence-electron chi connectivity index (χ1n) is 13.1. The number of nitrogens with zero attached hydrogens (tertiary/aromatic N) is 3. The van der Waals surface area contributed by atoms with Crippen molar-refractivity contribution in [2.45, 2.75) is 32.2 Å². The second-order valence-electron chi connectivity index (χ2n) is 10.2. The fourth-order valence-corrected chi connectivity index (χ4v) is 5.13. The highest BCUT2D eigenvalue weighted by Crippen LogP contribution is 2.34. The Balaban J connectivity index is 1.24. The molecule has 1 aliphatic carbocycles. The van der Waals surface area contributed by atoms with E-state index in [4.69, 9.17) is 4.98 Å². The van der Waals surface area contributed by atoms with E-state index in [1.54, 1.807) is 24.5 Å². The molecule has 9 heteroatoms. The van der Waals surface area contributed by atoms with Gasteiger partial charge in [0.2, 0.25) is 5.91 Å². The van der Waals surface area contributed by atoms with Gasteiger partial charge in [0.1, 0.15) is 17.0 Å². The van der Waals surface area contributed by atoms with E-state index in [2.05, 4.69) is 30.8 Å². The Labute approximate surface area is 223 Å². The maximum atomic E-state index is 13.5. The summed E-state index contributed by atoms with van der Waals surface area (Å²) in [4.78, 5) is 25.3. The molecule has 194 valence electrons. The zero-order valence-electron chi connectivity index (χ0n) is 21.3. The summed E-state index contributed by atoms with van der Waals surface area (Å²) in [6.07, 6.45) is 10.5. The van der Waals surface area contributed by atoms with Crippen molar-refractivity contribution in [2.24, 2.45) is 5.92 Å². The average molecular weight is 520 g/mol. The van der Waals surface area contributed by atoms with Crippen molar-refractivity contribution in [3.63, 3.8) is 0 Å². The second-order valence-corrected chi connectivity index (χ2v) is 10.2. The molecule has 1 unspecified atom stereocenters. The summed E-state index contributed by atoms with van der Waals surface area (Å²) in [5, 5.41) is 15.1. The van der Waals surface area contributed by atoms with Gasteiger partial charge < -0.3 is 15.6 Å². The number of carbonyl (C=O) groups excluding carboxylic acids is 1. The van der Waals surface area contributed by atoms with E-state index in [0.717, 1.165) is 75.0 Å². The molecule has 1 aromatic carbocycles. The van der Waals surface area contributed by atoms with Crippen molar-refractivity contribution in [1.29, 1.82) is 0 Å². The van der Waals surface area contributed by atoms with Crippen molar-refractivity contribution in [3.05, 3.63) is 84.3 Å². The highest BCUT2D eigenvalue weighted by atomic mass is 19.1. The fraction of sp³-hybridized carbons (Fsp3) is 0.200. The van der Waals surface area contributed by atoms with E-state index in [0.29, 0.717) is 5.69 Å². The van der Waals surface area contributed by atoms with Crippen LogP contribution in [0.4, 0.5) is 4.39 Å². The Kier molecular flexibility index (Phi) is 5.50. The minimum atomic E-state index is -0.279. The van der Waals surface area contributed by atoms with Gasteiger partial charge in [0.05, 0.1) is 34.7 Å². The molecule has 4 aromatic heterocycles. The van der Waals surface area contributed by atoms with Crippen LogP contribution in [0.3, 0.4) is 0 Å². The molecule has 1 amide bonds. The number of hydrogen-bond donors (Lipinski definition) is 4. The SMILES string of the molecule is CC1NC=C(c2ccc3[nH]nc(-c4cc5c(-c6ccc(F)cc6)cncc5[nH]4)c3n2)C=C1NC(=O)C1CCC1. The molecule has 8 nitrogen and oxygen atoms in total. The first-order chi connectivity index (χ1) is 19.0. The van der Waals surface area contributed by atoms with Crippen molar-refractivity contribution in [1.82, 2.24) is 35.8 Å². The lowest BCUT2D eigenvalue weighted by Gasteiger charge is -2.28. The molecule has 1 aliphatic heterocycles. The van der Waals surface area contributed by atoms with Gasteiger partial charge in [-0.3, -0.25) is 14.9 Å². The van der Waals surface area contributed by atoms with Crippen molar-refractivity contribution >= 4 is 33.4 Å². The zero-order valence-corrected chi connectivity index (χ0v) is 21.3. The lowest BCUT2D eigenvalue weighted by Crippen LogP contribution is -2.40. The van der Waals surface area contributed by atoms with E-state index in [1.165, 1.54) is 12.1 Å². The van der Waals surface area contributed by atoms with E-state index in [-0.39, 0.29) is 23.7 Å². The van der Waals surface area contributed by atoms with E-state index in [1.807, 2.05) is 37.4 Å². The van der Waals surface area contributed by atoms with Crippen LogP contribution < -0.4 is 10.6 Å². The molecule has 0 radical (unpaired) electrons. The minimum absolute atomic E-state index is 0.00116. The number of aromatic nitrogens is 5. The maximum absolute atomic E-state index is 13.5. The molecule has 1 fully saturated rings. The number of rotatable bonds is 5. The molecule has 4 N–H and O–H groups in total. The smallest absolute Gasteiger partial charge is 0.227 e. The number of aromatic amines is 2. The number of H-pyrrole nitrogens is 2. The quantitative estimate of drug-likeness (QED) is 0.247. The summed E-state index contributed by atoms with van der Waals surface area (Å²) < 4.78 is 13.5. The number of hydrogen-bond acceptors (Lipinski definition) is 5. The third-order valence-electron chi connectivity index (χ3n) is 7.67. The topological polar surface area (TPSA) is 111 Å². The highest BCUT2D eigenvalue weighted by Gasteiger charge is 2.27. The van der Waals surface area contributed by atoms with Gasteiger partial charge in [0, 0.05) is 40.5 Å². The Hall–Kier alpha value is -4.79. The van der Waals surface area contributed by atoms with Crippen LogP contribution in [-0.4, -0.2) is 37.1 Å². The summed E-state index contributed by atoms with van der Waals surface area (Å²) in [5.74, 6) is -0.0688. The minimum Gasteiger partial charge on any atom is -0.382 e. The molecule has 2 aliphatic rings. The average Bonchev–Trinajstić information content (AvgIpc) is 3.53. The first-order valence-corrected chi connectivity index (χ1v) is 13.1. The molecular weight excluding hydrogens is 493 g/mol. The lowest BCUT2D eigenvalue weighted by atomic mass is 9.84. The van der Waals surface area contributed by atoms with Gasteiger partial charge in [0.25, 0.3) is 0 Å². The number of allylic oxidation sites excluding steroid dienone is 2. The molecule has 5 heterocycles. The zero-order chi connectivity index (χ0) is 26.5. The molecule has 7 rings (SSSR count). The monoisotopic (exact) mass is 519 g/mol. The van der Waals surface area contributed by atoms with Crippen molar-refractivity contribution < 1.29 is 9.18 Å². The van der Waals surface area contributed by atoms with Crippen LogP contribution in [0, 0.1) is 11.7 Å². The summed E-state index contributed by atoms with van der Waals surface area (Å²) >= 11 is 0.